The van der Waals surface area contributed by atoms with Gasteiger partial charge in [0.2, 0.25) is 0 Å². The van der Waals surface area contributed by atoms with Crippen molar-refractivity contribution in [2.45, 2.75) is 45.8 Å². The van der Waals surface area contributed by atoms with E-state index in [4.69, 9.17) is 9.31 Å². The minimum Gasteiger partial charge on any atom is -0.399 e. The van der Waals surface area contributed by atoms with Crippen LogP contribution in [-0.2, 0) is 9.31 Å². The van der Waals surface area contributed by atoms with Crippen LogP contribution in [0.15, 0.2) is 12.3 Å². The van der Waals surface area contributed by atoms with Gasteiger partial charge in [0.05, 0.1) is 11.2 Å². The fourth-order valence-corrected chi connectivity index (χ4v) is 2.13. The van der Waals surface area contributed by atoms with Crippen molar-refractivity contribution in [1.29, 1.82) is 0 Å². The van der Waals surface area contributed by atoms with E-state index < -0.39 is 7.12 Å². The number of carbonyl (C=O) groups excluding carboxylic acids is 1. The molecule has 5 nitrogen and oxygen atoms in total. The van der Waals surface area contributed by atoms with Gasteiger partial charge in [-0.15, -0.1) is 0 Å². The highest BCUT2D eigenvalue weighted by atomic mass is 16.7. The molecule has 114 valence electrons. The van der Waals surface area contributed by atoms with Crippen molar-refractivity contribution < 1.29 is 14.1 Å². The van der Waals surface area contributed by atoms with Gasteiger partial charge in [0.15, 0.2) is 0 Å². The molecule has 0 atom stereocenters. The molecule has 2 heterocycles. The lowest BCUT2D eigenvalue weighted by molar-refractivity contribution is 0.00578. The van der Waals surface area contributed by atoms with Gasteiger partial charge >= 0.3 is 7.12 Å². The molecule has 1 aromatic rings. The van der Waals surface area contributed by atoms with Crippen LogP contribution in [0.1, 0.15) is 43.7 Å². The van der Waals surface area contributed by atoms with Crippen LogP contribution in [0.3, 0.4) is 0 Å². The second kappa shape index (κ2) is 5.11. The number of pyridine rings is 1. The summed E-state index contributed by atoms with van der Waals surface area (Å²) in [4.78, 5) is 17.7. The first kappa shape index (κ1) is 16.0. The maximum absolute atomic E-state index is 11.9. The Morgan fingerprint density at radius 1 is 1.19 bits per heavy atom. The van der Waals surface area contributed by atoms with E-state index in [9.17, 15) is 4.79 Å². The first-order chi connectivity index (χ1) is 9.55. The van der Waals surface area contributed by atoms with Crippen LogP contribution in [0.4, 0.5) is 0 Å². The minimum absolute atomic E-state index is 0.112. The highest BCUT2D eigenvalue weighted by Crippen LogP contribution is 2.36. The van der Waals surface area contributed by atoms with Crippen LogP contribution in [0.25, 0.3) is 0 Å². The second-order valence-electron chi connectivity index (χ2n) is 6.71. The summed E-state index contributed by atoms with van der Waals surface area (Å²) < 4.78 is 12.0. The third-order valence-electron chi connectivity index (χ3n) is 4.28. The Bertz CT molecular complexity index is 554. The predicted octanol–water partition coefficient (Wildman–Crippen LogP) is 1.39. The number of rotatable bonds is 2. The van der Waals surface area contributed by atoms with Crippen molar-refractivity contribution in [3.63, 3.8) is 0 Å². The Kier molecular flexibility index (Phi) is 3.89. The van der Waals surface area contributed by atoms with E-state index in [-0.39, 0.29) is 17.1 Å². The molecule has 0 unspecified atom stereocenters. The Labute approximate surface area is 126 Å². The fourth-order valence-electron chi connectivity index (χ4n) is 2.13. The Hall–Kier alpha value is -1.40. The smallest absolute Gasteiger partial charge is 0.399 e. The average molecular weight is 290 g/mol. The van der Waals surface area contributed by atoms with Crippen LogP contribution in [-0.4, -0.2) is 48.2 Å². The number of carbonyl (C=O) groups is 1. The summed E-state index contributed by atoms with van der Waals surface area (Å²) >= 11 is 0. The normalized spacial score (nSPS) is 19.7. The standard InChI is InChI=1S/C15H23BN2O3/c1-10-8-12(13(19)18(6)7)17-9-11(10)16-20-14(2,3)15(4,5)21-16/h8-9H,1-7H3. The Balaban J connectivity index is 2.30. The lowest BCUT2D eigenvalue weighted by atomic mass is 9.77. The highest BCUT2D eigenvalue weighted by Gasteiger charge is 2.52. The molecule has 0 bridgehead atoms. The molecule has 0 radical (unpaired) electrons. The number of aromatic nitrogens is 1. The molecule has 1 saturated heterocycles. The lowest BCUT2D eigenvalue weighted by Gasteiger charge is -2.32. The zero-order valence-corrected chi connectivity index (χ0v) is 13.9. The molecule has 1 aliphatic rings. The van der Waals surface area contributed by atoms with Crippen LogP contribution in [0, 0.1) is 6.92 Å². The van der Waals surface area contributed by atoms with E-state index in [1.165, 1.54) is 4.90 Å². The molecule has 6 heteroatoms. The number of nitrogens with zero attached hydrogens (tertiary/aromatic N) is 2. The third-order valence-corrected chi connectivity index (χ3v) is 4.28. The largest absolute Gasteiger partial charge is 0.496 e. The summed E-state index contributed by atoms with van der Waals surface area (Å²) in [5, 5.41) is 0. The number of hydrogen-bond donors (Lipinski definition) is 0. The Morgan fingerprint density at radius 2 is 1.71 bits per heavy atom. The molecule has 0 N–H and O–H groups in total. The van der Waals surface area contributed by atoms with Crippen LogP contribution >= 0.6 is 0 Å². The lowest BCUT2D eigenvalue weighted by Crippen LogP contribution is -2.41. The first-order valence-electron chi connectivity index (χ1n) is 7.09. The van der Waals surface area contributed by atoms with Crippen molar-refractivity contribution in [3.8, 4) is 0 Å². The van der Waals surface area contributed by atoms with Gasteiger partial charge in [-0.2, -0.15) is 0 Å². The molecule has 1 amide bonds. The molecule has 0 aliphatic carbocycles. The molecule has 1 aliphatic heterocycles. The molecular formula is C15H23BN2O3. The second-order valence-corrected chi connectivity index (χ2v) is 6.71. The van der Waals surface area contributed by atoms with E-state index in [0.29, 0.717) is 5.69 Å². The van der Waals surface area contributed by atoms with Gasteiger partial charge < -0.3 is 14.2 Å². The fraction of sp³-hybridized carbons (Fsp3) is 0.600. The van der Waals surface area contributed by atoms with E-state index in [2.05, 4.69) is 4.98 Å². The zero-order valence-electron chi connectivity index (χ0n) is 13.9. The molecular weight excluding hydrogens is 267 g/mol. The van der Waals surface area contributed by atoms with Crippen LogP contribution in [0.2, 0.25) is 0 Å². The molecule has 0 aromatic carbocycles. The average Bonchev–Trinajstić information content (AvgIpc) is 2.56. The molecule has 21 heavy (non-hydrogen) atoms. The number of aryl methyl sites for hydroxylation is 1. The van der Waals surface area contributed by atoms with E-state index in [1.54, 1.807) is 26.4 Å². The summed E-state index contributed by atoms with van der Waals surface area (Å²) in [6, 6.07) is 1.78. The van der Waals surface area contributed by atoms with Crippen LogP contribution in [0.5, 0.6) is 0 Å². The topological polar surface area (TPSA) is 51.7 Å². The monoisotopic (exact) mass is 290 g/mol. The van der Waals surface area contributed by atoms with Gasteiger partial charge in [0.25, 0.3) is 5.91 Å². The number of amides is 1. The van der Waals surface area contributed by atoms with Gasteiger partial charge in [0, 0.05) is 25.8 Å². The third kappa shape index (κ3) is 2.83. The van der Waals surface area contributed by atoms with Crippen molar-refractivity contribution in [3.05, 3.63) is 23.5 Å². The maximum Gasteiger partial charge on any atom is 0.496 e. The number of hydrogen-bond acceptors (Lipinski definition) is 4. The van der Waals surface area contributed by atoms with Gasteiger partial charge in [0.1, 0.15) is 5.69 Å². The van der Waals surface area contributed by atoms with Crippen molar-refractivity contribution in [2.75, 3.05) is 14.1 Å². The minimum atomic E-state index is -0.453. The molecule has 2 rings (SSSR count). The SMILES string of the molecule is Cc1cc(C(=O)N(C)C)ncc1B1OC(C)(C)C(C)(C)O1. The maximum atomic E-state index is 11.9. The highest BCUT2D eigenvalue weighted by molar-refractivity contribution is 6.62. The summed E-state index contributed by atoms with van der Waals surface area (Å²) in [7, 11) is 2.97. The van der Waals surface area contributed by atoms with Crippen molar-refractivity contribution >= 4 is 18.5 Å². The molecule has 0 spiro atoms. The summed E-state index contributed by atoms with van der Waals surface area (Å²) in [6.45, 7) is 9.99. The summed E-state index contributed by atoms with van der Waals surface area (Å²) in [5.74, 6) is -0.112. The van der Waals surface area contributed by atoms with Gasteiger partial charge in [-0.3, -0.25) is 9.78 Å². The Morgan fingerprint density at radius 3 is 2.14 bits per heavy atom. The van der Waals surface area contributed by atoms with E-state index in [1.807, 2.05) is 34.6 Å². The molecule has 1 fully saturated rings. The molecule has 0 saturated carbocycles. The van der Waals surface area contributed by atoms with Crippen molar-refractivity contribution in [2.24, 2.45) is 0 Å². The van der Waals surface area contributed by atoms with E-state index in [0.717, 1.165) is 11.0 Å². The van der Waals surface area contributed by atoms with Gasteiger partial charge in [-0.05, 0) is 46.2 Å². The summed E-state index contributed by atoms with van der Waals surface area (Å²) in [5.41, 5.74) is 1.46. The summed E-state index contributed by atoms with van der Waals surface area (Å²) in [6.07, 6.45) is 1.67. The zero-order chi connectivity index (χ0) is 16.0. The quantitative estimate of drug-likeness (QED) is 0.772. The van der Waals surface area contributed by atoms with Crippen LogP contribution < -0.4 is 5.46 Å². The van der Waals surface area contributed by atoms with Gasteiger partial charge in [-0.25, -0.2) is 0 Å². The first-order valence-corrected chi connectivity index (χ1v) is 7.09. The van der Waals surface area contributed by atoms with Crippen molar-refractivity contribution in [1.82, 2.24) is 9.88 Å². The van der Waals surface area contributed by atoms with Gasteiger partial charge in [-0.1, -0.05) is 0 Å². The predicted molar refractivity (Wildman–Crippen MR) is 82.7 cm³/mol. The molecule has 1 aromatic heterocycles. The van der Waals surface area contributed by atoms with E-state index >= 15 is 0 Å².